The van der Waals surface area contributed by atoms with Gasteiger partial charge in [0.2, 0.25) is 5.91 Å². The summed E-state index contributed by atoms with van der Waals surface area (Å²) in [6.07, 6.45) is 3.83. The van der Waals surface area contributed by atoms with Crippen LogP contribution in [0.2, 0.25) is 0 Å². The summed E-state index contributed by atoms with van der Waals surface area (Å²) in [5.74, 6) is 0.770. The molecule has 3 N–H and O–H groups in total. The van der Waals surface area contributed by atoms with Crippen molar-refractivity contribution in [3.63, 3.8) is 0 Å². The van der Waals surface area contributed by atoms with Crippen molar-refractivity contribution >= 4 is 22.5 Å². The van der Waals surface area contributed by atoms with Crippen molar-refractivity contribution in [1.29, 1.82) is 0 Å². The van der Waals surface area contributed by atoms with Crippen molar-refractivity contribution in [3.8, 4) is 5.75 Å². The molecular formula is C14H15N3O2. The third kappa shape index (κ3) is 2.76. The molecule has 0 saturated heterocycles. The molecule has 2 aromatic rings. The standard InChI is InChI=1S/C14H15N3O2/c18-11-4-1-9-5-6-15-14(12(9)7-11)16-8-13(19)17-10-2-3-10/h1,4-7,10,18H,2-3,8H2,(H,15,16)(H,17,19). The molecule has 1 aromatic heterocycles. The van der Waals surface area contributed by atoms with Crippen LogP contribution in [0.5, 0.6) is 5.75 Å². The van der Waals surface area contributed by atoms with Crippen molar-refractivity contribution in [2.24, 2.45) is 0 Å². The zero-order valence-electron chi connectivity index (χ0n) is 10.4. The minimum absolute atomic E-state index is 0.0264. The summed E-state index contributed by atoms with van der Waals surface area (Å²) in [5, 5.41) is 17.2. The molecule has 0 atom stereocenters. The van der Waals surface area contributed by atoms with Crippen LogP contribution < -0.4 is 10.6 Å². The number of aromatic hydroxyl groups is 1. The van der Waals surface area contributed by atoms with E-state index in [9.17, 15) is 9.90 Å². The lowest BCUT2D eigenvalue weighted by Gasteiger charge is -2.09. The highest BCUT2D eigenvalue weighted by Gasteiger charge is 2.22. The number of nitrogens with zero attached hydrogens (tertiary/aromatic N) is 1. The van der Waals surface area contributed by atoms with Gasteiger partial charge in [-0.05, 0) is 36.4 Å². The van der Waals surface area contributed by atoms with Crippen molar-refractivity contribution in [1.82, 2.24) is 10.3 Å². The van der Waals surface area contributed by atoms with Gasteiger partial charge in [0, 0.05) is 17.6 Å². The summed E-state index contributed by atoms with van der Waals surface area (Å²) in [6.45, 7) is 0.193. The smallest absolute Gasteiger partial charge is 0.239 e. The molecule has 0 aliphatic heterocycles. The van der Waals surface area contributed by atoms with E-state index in [4.69, 9.17) is 0 Å². The van der Waals surface area contributed by atoms with Crippen LogP contribution in [-0.2, 0) is 4.79 Å². The first-order chi connectivity index (χ1) is 9.22. The Morgan fingerprint density at radius 3 is 3.00 bits per heavy atom. The zero-order valence-corrected chi connectivity index (χ0v) is 10.4. The molecule has 0 bridgehead atoms. The molecule has 1 fully saturated rings. The summed E-state index contributed by atoms with van der Waals surface area (Å²) < 4.78 is 0. The molecule has 1 saturated carbocycles. The van der Waals surface area contributed by atoms with E-state index in [1.54, 1.807) is 18.3 Å². The van der Waals surface area contributed by atoms with E-state index < -0.39 is 0 Å². The van der Waals surface area contributed by atoms with E-state index in [1.165, 1.54) is 0 Å². The number of phenolic OH excluding ortho intramolecular Hbond substituents is 1. The van der Waals surface area contributed by atoms with E-state index >= 15 is 0 Å². The highest BCUT2D eigenvalue weighted by atomic mass is 16.3. The van der Waals surface area contributed by atoms with Gasteiger partial charge in [0.1, 0.15) is 11.6 Å². The van der Waals surface area contributed by atoms with E-state index in [2.05, 4.69) is 15.6 Å². The number of hydrogen-bond donors (Lipinski definition) is 3. The van der Waals surface area contributed by atoms with Crippen molar-refractivity contribution in [3.05, 3.63) is 30.5 Å². The highest BCUT2D eigenvalue weighted by Crippen LogP contribution is 2.25. The molecule has 19 heavy (non-hydrogen) atoms. The molecule has 1 amide bonds. The summed E-state index contributed by atoms with van der Waals surface area (Å²) in [7, 11) is 0. The lowest BCUT2D eigenvalue weighted by atomic mass is 10.1. The van der Waals surface area contributed by atoms with E-state index in [0.717, 1.165) is 23.6 Å². The van der Waals surface area contributed by atoms with Gasteiger partial charge in [0.25, 0.3) is 0 Å². The fourth-order valence-corrected chi connectivity index (χ4v) is 1.97. The second kappa shape index (κ2) is 4.76. The Balaban J connectivity index is 1.76. The molecule has 0 spiro atoms. The van der Waals surface area contributed by atoms with Crippen LogP contribution in [-0.4, -0.2) is 28.6 Å². The summed E-state index contributed by atoms with van der Waals surface area (Å²) >= 11 is 0. The van der Waals surface area contributed by atoms with Gasteiger partial charge >= 0.3 is 0 Å². The Labute approximate surface area is 110 Å². The van der Waals surface area contributed by atoms with Crippen LogP contribution in [0.3, 0.4) is 0 Å². The monoisotopic (exact) mass is 257 g/mol. The molecule has 0 radical (unpaired) electrons. The number of phenols is 1. The van der Waals surface area contributed by atoms with Crippen molar-refractivity contribution in [2.45, 2.75) is 18.9 Å². The average Bonchev–Trinajstić information content (AvgIpc) is 3.20. The van der Waals surface area contributed by atoms with E-state index in [1.807, 2.05) is 12.1 Å². The second-order valence-electron chi connectivity index (χ2n) is 4.76. The van der Waals surface area contributed by atoms with E-state index in [-0.39, 0.29) is 18.2 Å². The average molecular weight is 257 g/mol. The summed E-state index contributed by atoms with van der Waals surface area (Å²) in [5.41, 5.74) is 0. The third-order valence-electron chi connectivity index (χ3n) is 3.11. The maximum Gasteiger partial charge on any atom is 0.239 e. The highest BCUT2D eigenvalue weighted by molar-refractivity contribution is 5.94. The van der Waals surface area contributed by atoms with Gasteiger partial charge in [-0.2, -0.15) is 0 Å². The number of nitrogens with one attached hydrogen (secondary N) is 2. The largest absolute Gasteiger partial charge is 0.508 e. The Bertz CT molecular complexity index is 623. The van der Waals surface area contributed by atoms with Crippen LogP contribution in [0.4, 0.5) is 5.82 Å². The number of carbonyl (C=O) groups excluding carboxylic acids is 1. The van der Waals surface area contributed by atoms with Crippen LogP contribution in [0.1, 0.15) is 12.8 Å². The predicted octanol–water partition coefficient (Wildman–Crippen LogP) is 1.63. The number of aromatic nitrogens is 1. The predicted molar refractivity (Wildman–Crippen MR) is 73.1 cm³/mol. The Kier molecular flexibility index (Phi) is 2.95. The number of benzene rings is 1. The molecular weight excluding hydrogens is 242 g/mol. The van der Waals surface area contributed by atoms with Gasteiger partial charge in [-0.15, -0.1) is 0 Å². The second-order valence-corrected chi connectivity index (χ2v) is 4.76. The number of anilines is 1. The van der Waals surface area contributed by atoms with Crippen LogP contribution in [0, 0.1) is 0 Å². The normalized spacial score (nSPS) is 14.3. The molecule has 1 aliphatic rings. The molecule has 3 rings (SSSR count). The molecule has 5 nitrogen and oxygen atoms in total. The number of pyridine rings is 1. The first-order valence-electron chi connectivity index (χ1n) is 6.33. The fourth-order valence-electron chi connectivity index (χ4n) is 1.97. The maximum absolute atomic E-state index is 11.6. The molecule has 0 unspecified atom stereocenters. The van der Waals surface area contributed by atoms with Gasteiger partial charge < -0.3 is 15.7 Å². The van der Waals surface area contributed by atoms with Crippen molar-refractivity contribution < 1.29 is 9.90 Å². The topological polar surface area (TPSA) is 74.2 Å². The summed E-state index contributed by atoms with van der Waals surface area (Å²) in [4.78, 5) is 15.8. The molecule has 98 valence electrons. The fraction of sp³-hybridized carbons (Fsp3) is 0.286. The Morgan fingerprint density at radius 2 is 2.21 bits per heavy atom. The number of rotatable bonds is 4. The molecule has 1 heterocycles. The number of hydrogen-bond acceptors (Lipinski definition) is 4. The van der Waals surface area contributed by atoms with Crippen molar-refractivity contribution in [2.75, 3.05) is 11.9 Å². The van der Waals surface area contributed by atoms with Gasteiger partial charge in [-0.3, -0.25) is 4.79 Å². The quantitative estimate of drug-likeness (QED) is 0.778. The minimum atomic E-state index is -0.0264. The van der Waals surface area contributed by atoms with Gasteiger partial charge in [0.15, 0.2) is 0 Å². The number of carbonyl (C=O) groups is 1. The maximum atomic E-state index is 11.6. The Hall–Kier alpha value is -2.30. The van der Waals surface area contributed by atoms with Crippen LogP contribution in [0.15, 0.2) is 30.5 Å². The van der Waals surface area contributed by atoms with Crippen LogP contribution >= 0.6 is 0 Å². The number of fused-ring (bicyclic) bond motifs is 1. The zero-order chi connectivity index (χ0) is 13.2. The lowest BCUT2D eigenvalue weighted by molar-refractivity contribution is -0.119. The van der Waals surface area contributed by atoms with E-state index in [0.29, 0.717) is 11.9 Å². The SMILES string of the molecule is O=C(CNc1nccc2ccc(O)cc12)NC1CC1. The summed E-state index contributed by atoms with van der Waals surface area (Å²) in [6, 6.07) is 7.32. The van der Waals surface area contributed by atoms with Crippen LogP contribution in [0.25, 0.3) is 10.8 Å². The third-order valence-corrected chi connectivity index (χ3v) is 3.11. The molecule has 1 aromatic carbocycles. The Morgan fingerprint density at radius 1 is 1.37 bits per heavy atom. The lowest BCUT2D eigenvalue weighted by Crippen LogP contribution is -2.31. The molecule has 5 heteroatoms. The van der Waals surface area contributed by atoms with Gasteiger partial charge in [0.05, 0.1) is 6.54 Å². The first kappa shape index (κ1) is 11.8. The van der Waals surface area contributed by atoms with Gasteiger partial charge in [-0.1, -0.05) is 6.07 Å². The van der Waals surface area contributed by atoms with Gasteiger partial charge in [-0.25, -0.2) is 4.98 Å². The number of amides is 1. The molecule has 1 aliphatic carbocycles. The first-order valence-corrected chi connectivity index (χ1v) is 6.33. The minimum Gasteiger partial charge on any atom is -0.508 e.